The summed E-state index contributed by atoms with van der Waals surface area (Å²) in [5.74, 6) is 0.779. The second kappa shape index (κ2) is 8.99. The number of thiazole rings is 1. The number of anilines is 1. The van der Waals surface area contributed by atoms with Gasteiger partial charge in [-0.3, -0.25) is 5.32 Å². The molecule has 0 bridgehead atoms. The van der Waals surface area contributed by atoms with Crippen molar-refractivity contribution in [3.63, 3.8) is 0 Å². The Morgan fingerprint density at radius 1 is 1.16 bits per heavy atom. The first-order valence-electron chi connectivity index (χ1n) is 9.82. The van der Waals surface area contributed by atoms with Crippen LogP contribution in [-0.2, 0) is 6.61 Å². The van der Waals surface area contributed by atoms with Gasteiger partial charge in [0, 0.05) is 18.3 Å². The van der Waals surface area contributed by atoms with E-state index in [-0.39, 0.29) is 12.6 Å². The van der Waals surface area contributed by atoms with Gasteiger partial charge in [0.05, 0.1) is 11.5 Å². The van der Waals surface area contributed by atoms with Crippen LogP contribution in [0.3, 0.4) is 0 Å². The summed E-state index contributed by atoms with van der Waals surface area (Å²) in [7, 11) is 0. The lowest BCUT2D eigenvalue weighted by Crippen LogP contribution is -2.50. The van der Waals surface area contributed by atoms with Crippen molar-refractivity contribution in [1.82, 2.24) is 9.88 Å². The third kappa shape index (κ3) is 4.94. The number of nitrogens with one attached hydrogen (secondary N) is 1. The number of carbonyl (C=O) groups is 1. The average Bonchev–Trinajstić information content (AvgIpc) is 2.90. The fourth-order valence-electron chi connectivity index (χ4n) is 4.28. The maximum absolute atomic E-state index is 13.1. The number of hydrogen-bond donors (Lipinski definition) is 2. The van der Waals surface area contributed by atoms with E-state index in [1.54, 1.807) is 6.20 Å². The molecule has 0 saturated heterocycles. The molecule has 1 aromatic rings. The molecule has 2 fully saturated rings. The summed E-state index contributed by atoms with van der Waals surface area (Å²) in [5, 5.41) is 12.8. The molecule has 0 atom stereocenters. The van der Waals surface area contributed by atoms with E-state index in [1.807, 2.05) is 0 Å². The summed E-state index contributed by atoms with van der Waals surface area (Å²) in [6.45, 7) is 2.29. The molecule has 1 heterocycles. The molecule has 0 radical (unpaired) electrons. The molecule has 3 rings (SSSR count). The summed E-state index contributed by atoms with van der Waals surface area (Å²) >= 11 is 1.36. The van der Waals surface area contributed by atoms with Gasteiger partial charge in [0.1, 0.15) is 0 Å². The second-order valence-electron chi connectivity index (χ2n) is 7.69. The van der Waals surface area contributed by atoms with E-state index in [1.165, 1.54) is 49.9 Å². The molecule has 2 saturated carbocycles. The van der Waals surface area contributed by atoms with Crippen molar-refractivity contribution in [2.75, 3.05) is 5.32 Å². The van der Waals surface area contributed by atoms with Crippen LogP contribution in [0.2, 0.25) is 0 Å². The molecule has 0 unspecified atom stereocenters. The van der Waals surface area contributed by atoms with Crippen molar-refractivity contribution in [3.8, 4) is 0 Å². The summed E-state index contributed by atoms with van der Waals surface area (Å²) < 4.78 is 0. The smallest absolute Gasteiger partial charge is 0.324 e. The van der Waals surface area contributed by atoms with Crippen LogP contribution in [0.15, 0.2) is 6.20 Å². The van der Waals surface area contributed by atoms with Crippen LogP contribution >= 0.6 is 11.3 Å². The predicted octanol–water partition coefficient (Wildman–Crippen LogP) is 4.77. The number of rotatable bonds is 4. The van der Waals surface area contributed by atoms with Gasteiger partial charge in [-0.15, -0.1) is 0 Å². The van der Waals surface area contributed by atoms with Crippen molar-refractivity contribution in [1.29, 1.82) is 0 Å². The van der Waals surface area contributed by atoms with E-state index in [0.29, 0.717) is 17.2 Å². The third-order valence-electron chi connectivity index (χ3n) is 5.75. The number of carbonyl (C=O) groups excluding carboxylic acids is 1. The molecule has 2 aliphatic carbocycles. The average molecular weight is 366 g/mol. The Kier molecular flexibility index (Phi) is 6.70. The van der Waals surface area contributed by atoms with Gasteiger partial charge in [0.2, 0.25) is 0 Å². The lowest BCUT2D eigenvalue weighted by molar-refractivity contribution is 0.116. The Labute approximate surface area is 154 Å². The monoisotopic (exact) mass is 365 g/mol. The maximum atomic E-state index is 13.1. The minimum atomic E-state index is -0.0274. The zero-order chi connectivity index (χ0) is 17.6. The molecule has 140 valence electrons. The van der Waals surface area contributed by atoms with E-state index < -0.39 is 0 Å². The fourth-order valence-corrected chi connectivity index (χ4v) is 4.94. The summed E-state index contributed by atoms with van der Waals surface area (Å²) in [6.07, 6.45) is 13.6. The predicted molar refractivity (Wildman–Crippen MR) is 102 cm³/mol. The molecule has 5 nitrogen and oxygen atoms in total. The Hall–Kier alpha value is -1.14. The van der Waals surface area contributed by atoms with Gasteiger partial charge in [-0.1, -0.05) is 43.9 Å². The molecule has 0 aromatic carbocycles. The lowest BCUT2D eigenvalue weighted by Gasteiger charge is -2.40. The zero-order valence-electron chi connectivity index (χ0n) is 15.2. The van der Waals surface area contributed by atoms with Crippen LogP contribution in [-0.4, -0.2) is 33.1 Å². The molecule has 0 spiro atoms. The number of aliphatic hydroxyl groups is 1. The van der Waals surface area contributed by atoms with E-state index in [9.17, 15) is 9.90 Å². The number of nitrogens with zero attached hydrogens (tertiary/aromatic N) is 2. The van der Waals surface area contributed by atoms with Gasteiger partial charge in [0.15, 0.2) is 5.13 Å². The van der Waals surface area contributed by atoms with Gasteiger partial charge in [-0.05, 0) is 44.4 Å². The van der Waals surface area contributed by atoms with E-state index in [2.05, 4.69) is 22.1 Å². The van der Waals surface area contributed by atoms with Crippen LogP contribution in [0.4, 0.5) is 9.93 Å². The van der Waals surface area contributed by atoms with E-state index in [0.717, 1.165) is 36.5 Å². The highest BCUT2D eigenvalue weighted by molar-refractivity contribution is 7.15. The Morgan fingerprint density at radius 3 is 2.40 bits per heavy atom. The molecule has 25 heavy (non-hydrogen) atoms. The van der Waals surface area contributed by atoms with Gasteiger partial charge in [-0.25, -0.2) is 9.78 Å². The highest BCUT2D eigenvalue weighted by atomic mass is 32.1. The second-order valence-corrected chi connectivity index (χ2v) is 8.80. The number of urea groups is 1. The highest BCUT2D eigenvalue weighted by Gasteiger charge is 2.33. The normalized spacial score (nSPS) is 25.4. The lowest BCUT2D eigenvalue weighted by atomic mass is 9.85. The van der Waals surface area contributed by atoms with Gasteiger partial charge in [-0.2, -0.15) is 0 Å². The number of aromatic nitrogens is 1. The van der Waals surface area contributed by atoms with Crippen LogP contribution in [0, 0.1) is 5.92 Å². The summed E-state index contributed by atoms with van der Waals surface area (Å²) in [5.41, 5.74) is 0. The molecular formula is C19H31N3O2S. The van der Waals surface area contributed by atoms with Crippen molar-refractivity contribution >= 4 is 22.5 Å². The SMILES string of the molecule is CC1CCC(N(C(=O)Nc2ncc(CO)s2)C2CCCCCC2)CC1. The van der Waals surface area contributed by atoms with Crippen molar-refractivity contribution in [2.45, 2.75) is 89.8 Å². The molecule has 2 aliphatic rings. The van der Waals surface area contributed by atoms with Crippen molar-refractivity contribution in [3.05, 3.63) is 11.1 Å². The van der Waals surface area contributed by atoms with Gasteiger partial charge < -0.3 is 10.0 Å². The standard InChI is InChI=1S/C19H31N3O2S/c1-14-8-10-16(11-9-14)22(15-6-4-2-3-5-7-15)19(24)21-18-20-12-17(13-23)25-18/h12,14-16,23H,2-11,13H2,1H3,(H,20,21,24). The Bertz CT molecular complexity index is 547. The first-order chi connectivity index (χ1) is 12.2. The van der Waals surface area contributed by atoms with Crippen LogP contribution < -0.4 is 5.32 Å². The van der Waals surface area contributed by atoms with Crippen LogP contribution in [0.25, 0.3) is 0 Å². The largest absolute Gasteiger partial charge is 0.391 e. The van der Waals surface area contributed by atoms with Crippen LogP contribution in [0.5, 0.6) is 0 Å². The van der Waals surface area contributed by atoms with Crippen LogP contribution in [0.1, 0.15) is 76.0 Å². The quantitative estimate of drug-likeness (QED) is 0.755. The topological polar surface area (TPSA) is 65.5 Å². The van der Waals surface area contributed by atoms with E-state index >= 15 is 0 Å². The van der Waals surface area contributed by atoms with Gasteiger partial charge in [0.25, 0.3) is 0 Å². The van der Waals surface area contributed by atoms with Gasteiger partial charge >= 0.3 is 6.03 Å². The van der Waals surface area contributed by atoms with Crippen molar-refractivity contribution < 1.29 is 9.90 Å². The molecular weight excluding hydrogens is 334 g/mol. The highest BCUT2D eigenvalue weighted by Crippen LogP contribution is 2.32. The van der Waals surface area contributed by atoms with E-state index in [4.69, 9.17) is 0 Å². The minimum absolute atomic E-state index is 0.00490. The summed E-state index contributed by atoms with van der Waals surface area (Å²) in [6, 6.07) is 0.722. The number of aliphatic hydroxyl groups excluding tert-OH is 1. The van der Waals surface area contributed by atoms with Crippen molar-refractivity contribution in [2.24, 2.45) is 5.92 Å². The summed E-state index contributed by atoms with van der Waals surface area (Å²) in [4.78, 5) is 20.3. The maximum Gasteiger partial charge on any atom is 0.324 e. The number of amides is 2. The zero-order valence-corrected chi connectivity index (χ0v) is 16.1. The minimum Gasteiger partial charge on any atom is -0.391 e. The molecule has 2 amide bonds. The third-order valence-corrected chi connectivity index (χ3v) is 6.65. The first-order valence-corrected chi connectivity index (χ1v) is 10.6. The Balaban J connectivity index is 1.72. The molecule has 6 heteroatoms. The molecule has 0 aliphatic heterocycles. The number of hydrogen-bond acceptors (Lipinski definition) is 4. The fraction of sp³-hybridized carbons (Fsp3) is 0.789. The first kappa shape index (κ1) is 18.6. The Morgan fingerprint density at radius 2 is 1.80 bits per heavy atom. The molecule has 2 N–H and O–H groups in total. The molecule has 1 aromatic heterocycles.